The summed E-state index contributed by atoms with van der Waals surface area (Å²) in [5.74, 6) is -0.219. The molecular weight excluding hydrogens is 208 g/mol. The number of rotatable bonds is 6. The fraction of sp³-hybridized carbons (Fsp3) is 0.727. The van der Waals surface area contributed by atoms with E-state index in [-0.39, 0.29) is 23.5 Å². The lowest BCUT2D eigenvalue weighted by molar-refractivity contribution is -0.139. The maximum Gasteiger partial charge on any atom is 0.232 e. The van der Waals surface area contributed by atoms with Gasteiger partial charge in [-0.25, -0.2) is 0 Å². The summed E-state index contributed by atoms with van der Waals surface area (Å²) in [4.78, 5) is 34.8. The molecule has 1 heterocycles. The Balaban J connectivity index is 2.20. The van der Waals surface area contributed by atoms with E-state index in [1.54, 1.807) is 6.92 Å². The maximum absolute atomic E-state index is 11.5. The number of carbonyl (C=O) groups excluding carboxylic acids is 3. The molecule has 0 aromatic rings. The Labute approximate surface area is 95.2 Å². The second-order valence-corrected chi connectivity index (χ2v) is 4.19. The zero-order valence-corrected chi connectivity index (χ0v) is 9.78. The minimum Gasteiger partial charge on any atom is -0.315 e. The summed E-state index contributed by atoms with van der Waals surface area (Å²) in [6.45, 7) is 4.86. The molecule has 1 atom stereocenters. The van der Waals surface area contributed by atoms with Crippen molar-refractivity contribution in [2.45, 2.75) is 26.7 Å². The number of carbonyl (C=O) groups is 3. The minimum absolute atomic E-state index is 0.0848. The molecule has 0 aromatic carbocycles. The minimum atomic E-state index is -0.176. The molecule has 0 radical (unpaired) electrons. The second-order valence-electron chi connectivity index (χ2n) is 4.19. The first-order valence-corrected chi connectivity index (χ1v) is 5.56. The highest BCUT2D eigenvalue weighted by Gasteiger charge is 2.34. The van der Waals surface area contributed by atoms with E-state index >= 15 is 0 Å². The van der Waals surface area contributed by atoms with Crippen LogP contribution in [0, 0.1) is 5.92 Å². The number of amides is 2. The van der Waals surface area contributed by atoms with E-state index in [4.69, 9.17) is 0 Å². The Morgan fingerprint density at radius 3 is 2.62 bits per heavy atom. The van der Waals surface area contributed by atoms with Gasteiger partial charge >= 0.3 is 0 Å². The van der Waals surface area contributed by atoms with Crippen LogP contribution in [0.2, 0.25) is 0 Å². The Bertz CT molecular complexity index is 302. The molecule has 90 valence electrons. The molecule has 1 rings (SSSR count). The summed E-state index contributed by atoms with van der Waals surface area (Å²) in [6.07, 6.45) is 0.810. The van der Waals surface area contributed by atoms with Crippen molar-refractivity contribution in [3.8, 4) is 0 Å². The van der Waals surface area contributed by atoms with Crippen molar-refractivity contribution in [3.05, 3.63) is 0 Å². The summed E-state index contributed by atoms with van der Waals surface area (Å²) >= 11 is 0. The fourth-order valence-corrected chi connectivity index (χ4v) is 1.66. The molecule has 0 aromatic heterocycles. The first-order chi connectivity index (χ1) is 7.52. The van der Waals surface area contributed by atoms with Crippen molar-refractivity contribution in [2.24, 2.45) is 5.92 Å². The zero-order valence-electron chi connectivity index (χ0n) is 9.78. The van der Waals surface area contributed by atoms with Gasteiger partial charge in [-0.2, -0.15) is 0 Å². The van der Waals surface area contributed by atoms with Crippen LogP contribution in [0.5, 0.6) is 0 Å². The Morgan fingerprint density at radius 2 is 2.12 bits per heavy atom. The van der Waals surface area contributed by atoms with Crippen molar-refractivity contribution in [1.29, 1.82) is 0 Å². The molecule has 0 saturated carbocycles. The normalized spacial score (nSPS) is 20.6. The van der Waals surface area contributed by atoms with Crippen LogP contribution in [0.3, 0.4) is 0 Å². The average Bonchev–Trinajstić information content (AvgIpc) is 2.43. The molecule has 1 fully saturated rings. The highest BCUT2D eigenvalue weighted by Crippen LogP contribution is 2.17. The average molecular weight is 226 g/mol. The number of Topliss-reactive ketones (excluding diaryl/α,β-unsaturated/α-hetero) is 1. The number of ketones is 1. The van der Waals surface area contributed by atoms with E-state index in [2.05, 4.69) is 5.32 Å². The highest BCUT2D eigenvalue weighted by atomic mass is 16.2. The summed E-state index contributed by atoms with van der Waals surface area (Å²) in [7, 11) is 0. The van der Waals surface area contributed by atoms with Gasteiger partial charge in [-0.1, -0.05) is 6.92 Å². The largest absolute Gasteiger partial charge is 0.315 e. The third-order valence-electron chi connectivity index (χ3n) is 2.64. The first-order valence-electron chi connectivity index (χ1n) is 5.56. The third kappa shape index (κ3) is 3.41. The number of imide groups is 1. The third-order valence-corrected chi connectivity index (χ3v) is 2.64. The number of likely N-dealkylation sites (tertiary alicyclic amines) is 1. The lowest BCUT2D eigenvalue weighted by Crippen LogP contribution is -2.37. The first kappa shape index (κ1) is 12.8. The number of nitrogens with zero attached hydrogens (tertiary/aromatic N) is 1. The van der Waals surface area contributed by atoms with Crippen molar-refractivity contribution < 1.29 is 14.4 Å². The molecule has 0 bridgehead atoms. The van der Waals surface area contributed by atoms with E-state index in [0.29, 0.717) is 32.5 Å². The van der Waals surface area contributed by atoms with Gasteiger partial charge in [-0.15, -0.1) is 0 Å². The van der Waals surface area contributed by atoms with Gasteiger partial charge in [0.2, 0.25) is 11.8 Å². The van der Waals surface area contributed by atoms with E-state index in [0.717, 1.165) is 0 Å². The van der Waals surface area contributed by atoms with Crippen LogP contribution in [-0.4, -0.2) is 42.1 Å². The lowest BCUT2D eigenvalue weighted by Gasteiger charge is -2.14. The second kappa shape index (κ2) is 5.75. The maximum atomic E-state index is 11.5. The quantitative estimate of drug-likeness (QED) is 0.509. The van der Waals surface area contributed by atoms with Crippen LogP contribution >= 0.6 is 0 Å². The van der Waals surface area contributed by atoms with Gasteiger partial charge in [0.15, 0.2) is 0 Å². The molecule has 0 aliphatic carbocycles. The summed E-state index contributed by atoms with van der Waals surface area (Å²) in [5.41, 5.74) is 0. The standard InChI is InChI=1S/C11H18N2O3/c1-8-7-10(15)13(11(8)16)6-5-12-4-3-9(2)14/h8,12H,3-7H2,1-2H3. The molecule has 0 spiro atoms. The van der Waals surface area contributed by atoms with Gasteiger partial charge < -0.3 is 5.32 Å². The van der Waals surface area contributed by atoms with Crippen LogP contribution in [0.1, 0.15) is 26.7 Å². The SMILES string of the molecule is CC(=O)CCNCCN1C(=O)CC(C)C1=O. The van der Waals surface area contributed by atoms with Gasteiger partial charge in [0, 0.05) is 38.4 Å². The van der Waals surface area contributed by atoms with E-state index < -0.39 is 0 Å². The van der Waals surface area contributed by atoms with Gasteiger partial charge in [-0.05, 0) is 6.92 Å². The monoisotopic (exact) mass is 226 g/mol. The summed E-state index contributed by atoms with van der Waals surface area (Å²) < 4.78 is 0. The van der Waals surface area contributed by atoms with Crippen molar-refractivity contribution in [2.75, 3.05) is 19.6 Å². The van der Waals surface area contributed by atoms with Crippen LogP contribution in [0.4, 0.5) is 0 Å². The van der Waals surface area contributed by atoms with Gasteiger partial charge in [-0.3, -0.25) is 19.3 Å². The van der Waals surface area contributed by atoms with Gasteiger partial charge in [0.05, 0.1) is 0 Å². The molecule has 1 unspecified atom stereocenters. The molecule has 16 heavy (non-hydrogen) atoms. The van der Waals surface area contributed by atoms with E-state index in [9.17, 15) is 14.4 Å². The van der Waals surface area contributed by atoms with Crippen LogP contribution in [-0.2, 0) is 14.4 Å². The predicted octanol–water partition coefficient (Wildman–Crippen LogP) is -0.0499. The summed E-state index contributed by atoms with van der Waals surface area (Å²) in [6, 6.07) is 0. The predicted molar refractivity (Wildman–Crippen MR) is 58.7 cm³/mol. The van der Waals surface area contributed by atoms with Crippen LogP contribution in [0.15, 0.2) is 0 Å². The lowest BCUT2D eigenvalue weighted by atomic mass is 10.1. The summed E-state index contributed by atoms with van der Waals surface area (Å²) in [5, 5.41) is 3.03. The van der Waals surface area contributed by atoms with Crippen molar-refractivity contribution >= 4 is 17.6 Å². The topological polar surface area (TPSA) is 66.5 Å². The molecule has 5 nitrogen and oxygen atoms in total. The Hall–Kier alpha value is -1.23. The smallest absolute Gasteiger partial charge is 0.232 e. The molecule has 1 aliphatic heterocycles. The van der Waals surface area contributed by atoms with Crippen LogP contribution in [0.25, 0.3) is 0 Å². The molecule has 1 saturated heterocycles. The molecular formula is C11H18N2O3. The van der Waals surface area contributed by atoms with Crippen molar-refractivity contribution in [3.63, 3.8) is 0 Å². The number of hydrogen-bond donors (Lipinski definition) is 1. The number of hydrogen-bond acceptors (Lipinski definition) is 4. The van der Waals surface area contributed by atoms with Crippen molar-refractivity contribution in [1.82, 2.24) is 10.2 Å². The van der Waals surface area contributed by atoms with E-state index in [1.165, 1.54) is 11.8 Å². The van der Waals surface area contributed by atoms with Crippen LogP contribution < -0.4 is 5.32 Å². The fourth-order valence-electron chi connectivity index (χ4n) is 1.66. The van der Waals surface area contributed by atoms with Gasteiger partial charge in [0.25, 0.3) is 0 Å². The number of nitrogens with one attached hydrogen (secondary N) is 1. The molecule has 5 heteroatoms. The molecule has 1 aliphatic rings. The highest BCUT2D eigenvalue weighted by molar-refractivity contribution is 6.03. The Morgan fingerprint density at radius 1 is 1.44 bits per heavy atom. The van der Waals surface area contributed by atoms with Gasteiger partial charge in [0.1, 0.15) is 5.78 Å². The molecule has 1 N–H and O–H groups in total. The Kier molecular flexibility index (Phi) is 4.61. The zero-order chi connectivity index (χ0) is 12.1. The van der Waals surface area contributed by atoms with E-state index in [1.807, 2.05) is 0 Å². The molecule has 2 amide bonds.